The van der Waals surface area contributed by atoms with Crippen LogP contribution in [0.4, 0.5) is 19.3 Å². The average molecular weight is 423 g/mol. The van der Waals surface area contributed by atoms with Gasteiger partial charge < -0.3 is 20.5 Å². The molecule has 2 aromatic rings. The van der Waals surface area contributed by atoms with Gasteiger partial charge in [0.1, 0.15) is 12.4 Å². The molecule has 0 radical (unpaired) electrons. The van der Waals surface area contributed by atoms with E-state index in [0.717, 1.165) is 18.0 Å². The summed E-state index contributed by atoms with van der Waals surface area (Å²) in [6.07, 6.45) is 0.961. The molecule has 3 N–H and O–H groups in total. The number of ether oxygens (including phenoxy) is 1. The first-order chi connectivity index (χ1) is 14.3. The number of hydrogen-bond acceptors (Lipinski definition) is 5. The molecule has 164 valence electrons. The second kappa shape index (κ2) is 9.48. The first-order valence-electron chi connectivity index (χ1n) is 9.93. The van der Waals surface area contributed by atoms with Crippen LogP contribution < -0.4 is 10.6 Å². The maximum absolute atomic E-state index is 13.3. The van der Waals surface area contributed by atoms with Gasteiger partial charge in [-0.05, 0) is 45.2 Å². The van der Waals surface area contributed by atoms with Gasteiger partial charge in [0.25, 0.3) is 0 Å². The third-order valence-electron chi connectivity index (χ3n) is 5.14. The van der Waals surface area contributed by atoms with Crippen LogP contribution >= 0.6 is 0 Å². The van der Waals surface area contributed by atoms with Crippen LogP contribution in [0.15, 0.2) is 18.2 Å². The number of nitrogens with one attached hydrogen (secondary N) is 2. The van der Waals surface area contributed by atoms with E-state index < -0.39 is 29.8 Å². The number of nitrogens with zero attached hydrogens (tertiary/aromatic N) is 3. The first kappa shape index (κ1) is 22.1. The van der Waals surface area contributed by atoms with Crippen LogP contribution in [-0.4, -0.2) is 45.2 Å². The summed E-state index contributed by atoms with van der Waals surface area (Å²) in [6.45, 7) is 4.33. The lowest BCUT2D eigenvalue weighted by Gasteiger charge is -2.33. The highest BCUT2D eigenvalue weighted by Gasteiger charge is 2.34. The lowest BCUT2D eigenvalue weighted by molar-refractivity contribution is 0.0858. The maximum atomic E-state index is 13.3. The van der Waals surface area contributed by atoms with E-state index in [1.54, 1.807) is 7.11 Å². The van der Waals surface area contributed by atoms with Crippen LogP contribution in [0.25, 0.3) is 0 Å². The number of amides is 2. The summed E-state index contributed by atoms with van der Waals surface area (Å²) in [4.78, 5) is 16.9. The third-order valence-corrected chi connectivity index (χ3v) is 5.14. The Morgan fingerprint density at radius 3 is 2.77 bits per heavy atom. The highest BCUT2D eigenvalue weighted by Crippen LogP contribution is 2.33. The number of aliphatic hydroxyl groups excluding tert-OH is 1. The molecule has 1 fully saturated rings. The van der Waals surface area contributed by atoms with Crippen molar-refractivity contribution in [1.82, 2.24) is 20.1 Å². The summed E-state index contributed by atoms with van der Waals surface area (Å²) in [5.74, 6) is -0.647. The molecule has 1 saturated carbocycles. The number of benzene rings is 1. The van der Waals surface area contributed by atoms with Crippen LogP contribution in [0.5, 0.6) is 0 Å². The molecule has 1 aromatic heterocycles. The summed E-state index contributed by atoms with van der Waals surface area (Å²) in [5, 5.41) is 20.1. The second-order valence-corrected chi connectivity index (χ2v) is 7.77. The number of hydrogen-bond donors (Lipinski definition) is 3. The molecule has 1 aliphatic carbocycles. The van der Waals surface area contributed by atoms with Gasteiger partial charge in [-0.15, -0.1) is 0 Å². The number of methoxy groups -OCH3 is 1. The van der Waals surface area contributed by atoms with Crippen molar-refractivity contribution < 1.29 is 23.4 Å². The Morgan fingerprint density at radius 2 is 2.10 bits per heavy atom. The molecular weight excluding hydrogens is 396 g/mol. The zero-order valence-corrected chi connectivity index (χ0v) is 17.2. The SMILES string of the molecule is COCc1nc([C@H]2CC[C@@H](O)[C@H](NC(=O)Nc3ccc(F)c(F)c3)C2)n(C(C)C)n1. The van der Waals surface area contributed by atoms with Crippen molar-refractivity contribution in [3.63, 3.8) is 0 Å². The summed E-state index contributed by atoms with van der Waals surface area (Å²) >= 11 is 0. The number of rotatable bonds is 6. The van der Waals surface area contributed by atoms with Crippen LogP contribution in [0.2, 0.25) is 0 Å². The summed E-state index contributed by atoms with van der Waals surface area (Å²) in [7, 11) is 1.58. The molecule has 2 amide bonds. The van der Waals surface area contributed by atoms with Crippen molar-refractivity contribution in [2.24, 2.45) is 0 Å². The van der Waals surface area contributed by atoms with Crippen molar-refractivity contribution in [3.8, 4) is 0 Å². The fraction of sp³-hybridized carbons (Fsp3) is 0.550. The highest BCUT2D eigenvalue weighted by atomic mass is 19.2. The Hall–Kier alpha value is -2.59. The van der Waals surface area contributed by atoms with Gasteiger partial charge in [0.05, 0.1) is 12.1 Å². The largest absolute Gasteiger partial charge is 0.391 e. The summed E-state index contributed by atoms with van der Waals surface area (Å²) in [6, 6.07) is 2.09. The molecule has 3 atom stereocenters. The van der Waals surface area contributed by atoms with Gasteiger partial charge in [-0.2, -0.15) is 5.10 Å². The topological polar surface area (TPSA) is 101 Å². The predicted octanol–water partition coefficient (Wildman–Crippen LogP) is 3.10. The first-order valence-corrected chi connectivity index (χ1v) is 9.93. The summed E-state index contributed by atoms with van der Waals surface area (Å²) in [5.41, 5.74) is 0.122. The zero-order chi connectivity index (χ0) is 21.8. The second-order valence-electron chi connectivity index (χ2n) is 7.77. The van der Waals surface area contributed by atoms with Crippen LogP contribution in [0, 0.1) is 11.6 Å². The Labute approximate surface area is 173 Å². The van der Waals surface area contributed by atoms with E-state index in [1.165, 1.54) is 6.07 Å². The van der Waals surface area contributed by atoms with E-state index in [4.69, 9.17) is 4.74 Å². The Balaban J connectivity index is 1.69. The van der Waals surface area contributed by atoms with E-state index in [-0.39, 0.29) is 17.6 Å². The van der Waals surface area contributed by atoms with Gasteiger partial charge in [-0.25, -0.2) is 23.2 Å². The van der Waals surface area contributed by atoms with Gasteiger partial charge in [-0.1, -0.05) is 0 Å². The van der Waals surface area contributed by atoms with Crippen molar-refractivity contribution in [1.29, 1.82) is 0 Å². The minimum atomic E-state index is -1.05. The molecule has 10 heteroatoms. The Morgan fingerprint density at radius 1 is 1.33 bits per heavy atom. The number of carbonyl (C=O) groups is 1. The maximum Gasteiger partial charge on any atom is 0.319 e. The molecule has 8 nitrogen and oxygen atoms in total. The minimum absolute atomic E-state index is 0.00229. The van der Waals surface area contributed by atoms with Gasteiger partial charge >= 0.3 is 6.03 Å². The minimum Gasteiger partial charge on any atom is -0.391 e. The molecule has 3 rings (SSSR count). The highest BCUT2D eigenvalue weighted by molar-refractivity contribution is 5.89. The number of halogens is 2. The van der Waals surface area contributed by atoms with Gasteiger partial charge in [0, 0.05) is 30.8 Å². The van der Waals surface area contributed by atoms with E-state index >= 15 is 0 Å². The third kappa shape index (κ3) is 5.11. The molecule has 0 unspecified atom stereocenters. The lowest BCUT2D eigenvalue weighted by atomic mass is 9.83. The molecule has 0 saturated heterocycles. The van der Waals surface area contributed by atoms with Crippen LogP contribution in [0.1, 0.15) is 56.7 Å². The number of anilines is 1. The van der Waals surface area contributed by atoms with E-state index in [2.05, 4.69) is 20.7 Å². The van der Waals surface area contributed by atoms with E-state index in [1.807, 2.05) is 18.5 Å². The number of aromatic nitrogens is 3. The lowest BCUT2D eigenvalue weighted by Crippen LogP contribution is -2.48. The predicted molar refractivity (Wildman–Crippen MR) is 106 cm³/mol. The fourth-order valence-corrected chi connectivity index (χ4v) is 3.68. The number of aliphatic hydroxyl groups is 1. The molecular formula is C20H27F2N5O3. The van der Waals surface area contributed by atoms with Crippen molar-refractivity contribution in [2.45, 2.75) is 63.8 Å². The molecule has 30 heavy (non-hydrogen) atoms. The number of carbonyl (C=O) groups excluding carboxylic acids is 1. The molecule has 0 aliphatic heterocycles. The quantitative estimate of drug-likeness (QED) is 0.663. The van der Waals surface area contributed by atoms with Gasteiger partial charge in [-0.3, -0.25) is 0 Å². The molecule has 1 aliphatic rings. The van der Waals surface area contributed by atoms with Gasteiger partial charge in [0.15, 0.2) is 17.5 Å². The normalized spacial score (nSPS) is 21.6. The van der Waals surface area contributed by atoms with E-state index in [9.17, 15) is 18.7 Å². The fourth-order valence-electron chi connectivity index (χ4n) is 3.68. The zero-order valence-electron chi connectivity index (χ0n) is 17.2. The Kier molecular flexibility index (Phi) is 6.99. The summed E-state index contributed by atoms with van der Waals surface area (Å²) < 4.78 is 33.4. The Bertz CT molecular complexity index is 889. The smallest absolute Gasteiger partial charge is 0.319 e. The van der Waals surface area contributed by atoms with Gasteiger partial charge in [0.2, 0.25) is 0 Å². The standard InChI is InChI=1S/C20H27F2N5O3/c1-11(2)27-19(25-18(26-27)10-30-3)12-4-7-17(28)16(8-12)24-20(29)23-13-5-6-14(21)15(22)9-13/h5-6,9,11-12,16-17,28H,4,7-8,10H2,1-3H3,(H2,23,24,29)/t12-,16+,17+/m0/s1. The van der Waals surface area contributed by atoms with E-state index in [0.29, 0.717) is 31.7 Å². The van der Waals surface area contributed by atoms with Crippen molar-refractivity contribution in [2.75, 3.05) is 12.4 Å². The monoisotopic (exact) mass is 423 g/mol. The average Bonchev–Trinajstić information content (AvgIpc) is 3.11. The molecule has 0 bridgehead atoms. The molecule has 1 aromatic carbocycles. The molecule has 1 heterocycles. The van der Waals surface area contributed by atoms with Crippen LogP contribution in [0.3, 0.4) is 0 Å². The van der Waals surface area contributed by atoms with Crippen molar-refractivity contribution in [3.05, 3.63) is 41.5 Å². The van der Waals surface area contributed by atoms with Crippen molar-refractivity contribution >= 4 is 11.7 Å². The number of urea groups is 1. The molecule has 0 spiro atoms. The van der Waals surface area contributed by atoms with Crippen LogP contribution in [-0.2, 0) is 11.3 Å².